The van der Waals surface area contributed by atoms with Crippen molar-refractivity contribution in [1.29, 1.82) is 0 Å². The van der Waals surface area contributed by atoms with Gasteiger partial charge in [0.1, 0.15) is 0 Å². The molecular weight excluding hydrogens is 465 g/mol. The molecular formula is C21H28F5N5O3. The van der Waals surface area contributed by atoms with Crippen LogP contribution in [0.4, 0.5) is 22.0 Å². The van der Waals surface area contributed by atoms with Crippen molar-refractivity contribution < 1.29 is 36.2 Å². The molecule has 0 unspecified atom stereocenters. The molecule has 2 heterocycles. The van der Waals surface area contributed by atoms with Crippen molar-refractivity contribution in [1.82, 2.24) is 19.9 Å². The zero-order chi connectivity index (χ0) is 25.3. The summed E-state index contributed by atoms with van der Waals surface area (Å²) in [5, 5.41) is 6.99. The molecule has 13 heteroatoms. The van der Waals surface area contributed by atoms with Gasteiger partial charge in [-0.25, -0.2) is 18.3 Å². The number of nitrogens with zero attached hydrogens (tertiary/aromatic N) is 3. The van der Waals surface area contributed by atoms with E-state index in [1.165, 1.54) is 24.0 Å². The van der Waals surface area contributed by atoms with Crippen LogP contribution < -0.4 is 11.1 Å². The van der Waals surface area contributed by atoms with Gasteiger partial charge in [0.25, 0.3) is 0 Å². The number of methoxy groups -OCH3 is 1. The summed E-state index contributed by atoms with van der Waals surface area (Å²) in [6.07, 6.45) is -2.21. The van der Waals surface area contributed by atoms with Crippen LogP contribution in [-0.2, 0) is 14.3 Å². The predicted octanol–water partition coefficient (Wildman–Crippen LogP) is 3.33. The van der Waals surface area contributed by atoms with Gasteiger partial charge in [-0.2, -0.15) is 18.3 Å². The molecule has 0 saturated heterocycles. The van der Waals surface area contributed by atoms with Gasteiger partial charge in [-0.3, -0.25) is 4.79 Å². The minimum Gasteiger partial charge on any atom is -0.382 e. The molecule has 0 spiro atoms. The fourth-order valence-electron chi connectivity index (χ4n) is 3.58. The molecule has 34 heavy (non-hydrogen) atoms. The highest BCUT2D eigenvalue weighted by atomic mass is 19.4. The van der Waals surface area contributed by atoms with Crippen LogP contribution in [0.1, 0.15) is 56.5 Å². The number of rotatable bonds is 10. The number of amides is 1. The summed E-state index contributed by atoms with van der Waals surface area (Å²) in [7, 11) is 1.45. The van der Waals surface area contributed by atoms with Crippen molar-refractivity contribution in [2.24, 2.45) is 11.7 Å². The molecule has 1 fully saturated rings. The predicted molar refractivity (Wildman–Crippen MR) is 111 cm³/mol. The molecule has 2 aromatic heterocycles. The van der Waals surface area contributed by atoms with Crippen LogP contribution in [0.2, 0.25) is 0 Å². The zero-order valence-corrected chi connectivity index (χ0v) is 19.0. The number of ether oxygens (including phenoxy) is 2. The van der Waals surface area contributed by atoms with E-state index in [0.717, 1.165) is 13.8 Å². The minimum atomic E-state index is -4.55. The summed E-state index contributed by atoms with van der Waals surface area (Å²) in [6.45, 7) is 1.53. The molecule has 2 atom stereocenters. The highest BCUT2D eigenvalue weighted by Gasteiger charge is 2.49. The summed E-state index contributed by atoms with van der Waals surface area (Å²) in [5.41, 5.74) is 4.80. The van der Waals surface area contributed by atoms with Gasteiger partial charge in [-0.05, 0) is 25.8 Å². The molecule has 0 radical (unpaired) electrons. The average molecular weight is 493 g/mol. The minimum absolute atomic E-state index is 0.0118. The van der Waals surface area contributed by atoms with Crippen molar-refractivity contribution in [2.75, 3.05) is 20.3 Å². The molecule has 3 rings (SSSR count). The highest BCUT2D eigenvalue weighted by Crippen LogP contribution is 2.44. The molecule has 0 bridgehead atoms. The Hall–Kier alpha value is -2.38. The molecule has 0 aromatic carbocycles. The number of carbonyl (C=O) groups excluding carboxylic acids is 1. The van der Waals surface area contributed by atoms with E-state index in [1.807, 2.05) is 0 Å². The van der Waals surface area contributed by atoms with Crippen molar-refractivity contribution in [3.63, 3.8) is 0 Å². The fourth-order valence-corrected chi connectivity index (χ4v) is 3.58. The molecule has 3 N–H and O–H groups in total. The van der Waals surface area contributed by atoms with Crippen LogP contribution in [0.15, 0.2) is 18.5 Å². The van der Waals surface area contributed by atoms with Gasteiger partial charge in [-0.15, -0.1) is 0 Å². The maximum absolute atomic E-state index is 13.0. The number of nitrogens with one attached hydrogen (secondary N) is 1. The van der Waals surface area contributed by atoms with Crippen LogP contribution >= 0.6 is 0 Å². The van der Waals surface area contributed by atoms with Gasteiger partial charge >= 0.3 is 6.18 Å². The van der Waals surface area contributed by atoms with Gasteiger partial charge in [0.2, 0.25) is 11.8 Å². The van der Waals surface area contributed by atoms with E-state index in [0.29, 0.717) is 11.2 Å². The first-order chi connectivity index (χ1) is 15.7. The Morgan fingerprint density at radius 1 is 1.32 bits per heavy atom. The van der Waals surface area contributed by atoms with E-state index < -0.39 is 36.4 Å². The molecule has 1 amide bonds. The topological polar surface area (TPSA) is 104 Å². The number of hydrogen-bond donors (Lipinski definition) is 2. The van der Waals surface area contributed by atoms with Gasteiger partial charge in [-0.1, -0.05) is 0 Å². The molecule has 8 nitrogen and oxygen atoms in total. The third kappa shape index (κ3) is 6.19. The lowest BCUT2D eigenvalue weighted by atomic mass is 9.79. The lowest BCUT2D eigenvalue weighted by Gasteiger charge is -2.34. The number of halogens is 5. The summed E-state index contributed by atoms with van der Waals surface area (Å²) in [4.78, 5) is 16.7. The van der Waals surface area contributed by atoms with E-state index in [9.17, 15) is 26.7 Å². The van der Waals surface area contributed by atoms with Crippen molar-refractivity contribution in [3.05, 3.63) is 29.7 Å². The number of aromatic nitrogens is 3. The molecule has 0 aliphatic heterocycles. The maximum Gasteiger partial charge on any atom is 0.416 e. The largest absolute Gasteiger partial charge is 0.416 e. The normalized spacial score (nSPS) is 18.5. The number of carbonyl (C=O) groups is 1. The second-order valence-electron chi connectivity index (χ2n) is 9.09. The third-order valence-electron chi connectivity index (χ3n) is 5.77. The van der Waals surface area contributed by atoms with E-state index in [1.54, 1.807) is 6.07 Å². The Labute approximate surface area is 193 Å². The van der Waals surface area contributed by atoms with E-state index >= 15 is 0 Å². The van der Waals surface area contributed by atoms with Gasteiger partial charge < -0.3 is 20.5 Å². The SMILES string of the molecule is COC[C@@H](NC(=O)CC1CC(F)(F)C1)c1cnn2cc([C@@H](N)COC(C)(C)C(F)(F)F)nc2c1. The first kappa shape index (κ1) is 26.2. The number of hydrogen-bond acceptors (Lipinski definition) is 6. The summed E-state index contributed by atoms with van der Waals surface area (Å²) in [5.74, 6) is -3.43. The number of imidazole rings is 1. The Kier molecular flexibility index (Phi) is 7.48. The first-order valence-corrected chi connectivity index (χ1v) is 10.7. The lowest BCUT2D eigenvalue weighted by molar-refractivity contribution is -0.264. The van der Waals surface area contributed by atoms with E-state index in [-0.39, 0.29) is 43.4 Å². The van der Waals surface area contributed by atoms with Gasteiger partial charge in [0.05, 0.1) is 43.4 Å². The highest BCUT2D eigenvalue weighted by molar-refractivity contribution is 5.77. The van der Waals surface area contributed by atoms with Crippen molar-refractivity contribution in [2.45, 2.75) is 62.9 Å². The third-order valence-corrected chi connectivity index (χ3v) is 5.77. The molecule has 1 aliphatic rings. The quantitative estimate of drug-likeness (QED) is 0.492. The Bertz CT molecular complexity index is 1000. The Balaban J connectivity index is 1.67. The smallest absolute Gasteiger partial charge is 0.382 e. The summed E-state index contributed by atoms with van der Waals surface area (Å²) < 4.78 is 76.5. The maximum atomic E-state index is 13.0. The molecule has 2 aromatic rings. The summed E-state index contributed by atoms with van der Waals surface area (Å²) in [6, 6.07) is 0.104. The van der Waals surface area contributed by atoms with E-state index in [4.69, 9.17) is 15.2 Å². The van der Waals surface area contributed by atoms with E-state index in [2.05, 4.69) is 15.4 Å². The second-order valence-corrected chi connectivity index (χ2v) is 9.09. The Morgan fingerprint density at radius 2 is 2.00 bits per heavy atom. The van der Waals surface area contributed by atoms with Crippen LogP contribution in [-0.4, -0.2) is 58.5 Å². The Morgan fingerprint density at radius 3 is 2.59 bits per heavy atom. The first-order valence-electron chi connectivity index (χ1n) is 10.7. The van der Waals surface area contributed by atoms with Crippen LogP contribution in [0.5, 0.6) is 0 Å². The standard InChI is InChI=1S/C21H28F5N5O3/c1-19(2,21(24,25)26)34-10-14(27)15-9-31-17(29-15)5-13(8-28-31)16(11-33-3)30-18(32)4-12-6-20(22,23)7-12/h5,8-9,12,14,16H,4,6-7,10-11,27H2,1-3H3,(H,30,32)/t14-,16+/m0/s1. The number of alkyl halides is 5. The van der Waals surface area contributed by atoms with Crippen molar-refractivity contribution in [3.8, 4) is 0 Å². The lowest BCUT2D eigenvalue weighted by Crippen LogP contribution is -2.43. The monoisotopic (exact) mass is 493 g/mol. The number of fused-ring (bicyclic) bond motifs is 1. The van der Waals surface area contributed by atoms with Crippen molar-refractivity contribution >= 4 is 11.6 Å². The zero-order valence-electron chi connectivity index (χ0n) is 19.0. The second kappa shape index (κ2) is 9.70. The van der Waals surface area contributed by atoms with Gasteiger partial charge in [0.15, 0.2) is 11.2 Å². The van der Waals surface area contributed by atoms with Crippen LogP contribution in [0.25, 0.3) is 5.65 Å². The van der Waals surface area contributed by atoms with Gasteiger partial charge in [0, 0.05) is 31.9 Å². The summed E-state index contributed by atoms with van der Waals surface area (Å²) >= 11 is 0. The van der Waals surface area contributed by atoms with Crippen LogP contribution in [0, 0.1) is 5.92 Å². The average Bonchev–Trinajstić information content (AvgIpc) is 3.13. The molecule has 1 aliphatic carbocycles. The van der Waals surface area contributed by atoms with Crippen LogP contribution in [0.3, 0.4) is 0 Å². The molecule has 1 saturated carbocycles. The molecule has 190 valence electrons. The fraction of sp³-hybridized carbons (Fsp3) is 0.667. The number of nitrogens with two attached hydrogens (primary N) is 1.